The predicted octanol–water partition coefficient (Wildman–Crippen LogP) is 5.08. The van der Waals surface area contributed by atoms with E-state index in [2.05, 4.69) is 12.1 Å². The maximum atomic E-state index is 12.7. The molecule has 0 unspecified atom stereocenters. The Balaban J connectivity index is 2.20. The molecular formula is C19H16N2OS2. The van der Waals surface area contributed by atoms with Crippen molar-refractivity contribution in [1.82, 2.24) is 4.40 Å². The quantitative estimate of drug-likeness (QED) is 0.617. The van der Waals surface area contributed by atoms with Gasteiger partial charge in [0, 0.05) is 11.8 Å². The van der Waals surface area contributed by atoms with E-state index in [0.717, 1.165) is 26.4 Å². The van der Waals surface area contributed by atoms with E-state index in [0.29, 0.717) is 11.3 Å². The van der Waals surface area contributed by atoms with Crippen LogP contribution in [-0.4, -0.2) is 15.8 Å². The Morgan fingerprint density at radius 1 is 1.17 bits per heavy atom. The molecule has 120 valence electrons. The number of pyridine rings is 1. The minimum Gasteiger partial charge on any atom is -0.306 e. The summed E-state index contributed by atoms with van der Waals surface area (Å²) in [5.41, 5.74) is 4.35. The Bertz CT molecular complexity index is 969. The molecule has 0 aliphatic carbocycles. The maximum absolute atomic E-state index is 12.7. The summed E-state index contributed by atoms with van der Waals surface area (Å²) in [5, 5.41) is 9.60. The van der Waals surface area contributed by atoms with Gasteiger partial charge in [-0.3, -0.25) is 4.79 Å². The van der Waals surface area contributed by atoms with Gasteiger partial charge in [-0.05, 0) is 43.0 Å². The fraction of sp³-hybridized carbons (Fsp3) is 0.158. The van der Waals surface area contributed by atoms with Gasteiger partial charge in [0.25, 0.3) is 0 Å². The number of rotatable bonds is 3. The number of carbonyl (C=O) groups is 1. The average Bonchev–Trinajstić information content (AvgIpc) is 2.88. The number of fused-ring (bicyclic) bond motifs is 1. The summed E-state index contributed by atoms with van der Waals surface area (Å²) < 4.78 is 1.91. The van der Waals surface area contributed by atoms with Crippen LogP contribution in [0, 0.1) is 25.2 Å². The number of nitrogens with zero attached hydrogens (tertiary/aromatic N) is 2. The van der Waals surface area contributed by atoms with Gasteiger partial charge in [-0.25, -0.2) is 0 Å². The molecule has 0 saturated heterocycles. The molecule has 0 fully saturated rings. The highest BCUT2D eigenvalue weighted by molar-refractivity contribution is 8.14. The van der Waals surface area contributed by atoms with Crippen molar-refractivity contribution >= 4 is 34.2 Å². The van der Waals surface area contributed by atoms with Crippen molar-refractivity contribution in [3.05, 3.63) is 65.0 Å². The fourth-order valence-corrected chi connectivity index (χ4v) is 4.79. The van der Waals surface area contributed by atoms with Crippen molar-refractivity contribution in [1.29, 1.82) is 5.26 Å². The molecule has 0 spiro atoms. The number of hydrogen-bond donors (Lipinski definition) is 0. The van der Waals surface area contributed by atoms with Crippen molar-refractivity contribution in [3.63, 3.8) is 0 Å². The smallest absolute Gasteiger partial charge is 0.224 e. The van der Waals surface area contributed by atoms with E-state index < -0.39 is 0 Å². The number of hydrogen-bond acceptors (Lipinski definition) is 4. The lowest BCUT2D eigenvalue weighted by Gasteiger charge is -2.06. The van der Waals surface area contributed by atoms with Crippen LogP contribution < -0.4 is 0 Å². The number of carbonyl (C=O) groups excluding carboxylic acids is 1. The van der Waals surface area contributed by atoms with Crippen LogP contribution in [0.2, 0.25) is 0 Å². The first-order valence-corrected chi connectivity index (χ1v) is 9.47. The average molecular weight is 352 g/mol. The molecule has 2 aromatic heterocycles. The summed E-state index contributed by atoms with van der Waals surface area (Å²) in [7, 11) is 0. The molecule has 2 heterocycles. The molecule has 0 amide bonds. The Labute approximate surface area is 149 Å². The van der Waals surface area contributed by atoms with Crippen molar-refractivity contribution in [2.75, 3.05) is 6.26 Å². The molecule has 0 saturated carbocycles. The van der Waals surface area contributed by atoms with Gasteiger partial charge in [0.05, 0.1) is 15.3 Å². The van der Waals surface area contributed by atoms with Gasteiger partial charge >= 0.3 is 0 Å². The van der Waals surface area contributed by atoms with Crippen LogP contribution in [-0.2, 0) is 0 Å². The van der Waals surface area contributed by atoms with E-state index in [1.54, 1.807) is 0 Å². The second-order valence-electron chi connectivity index (χ2n) is 5.50. The topological polar surface area (TPSA) is 45.3 Å². The zero-order valence-electron chi connectivity index (χ0n) is 13.7. The van der Waals surface area contributed by atoms with Crippen molar-refractivity contribution in [2.24, 2.45) is 0 Å². The molecule has 24 heavy (non-hydrogen) atoms. The highest BCUT2D eigenvalue weighted by Gasteiger charge is 2.22. The van der Waals surface area contributed by atoms with Gasteiger partial charge in [0.1, 0.15) is 11.8 Å². The van der Waals surface area contributed by atoms with E-state index in [4.69, 9.17) is 0 Å². The number of benzene rings is 1. The van der Waals surface area contributed by atoms with Crippen molar-refractivity contribution < 1.29 is 4.79 Å². The molecule has 0 aliphatic rings. The van der Waals surface area contributed by atoms with Gasteiger partial charge in [-0.1, -0.05) is 36.4 Å². The van der Waals surface area contributed by atoms with Crippen LogP contribution in [0.3, 0.4) is 0 Å². The SMILES string of the molecule is CSc1c(SC(=O)c2ccccc2)c2c(C)cc(C)cn2c1C#N. The molecule has 0 bridgehead atoms. The van der Waals surface area contributed by atoms with E-state index in [9.17, 15) is 10.1 Å². The van der Waals surface area contributed by atoms with E-state index >= 15 is 0 Å². The lowest BCUT2D eigenvalue weighted by molar-refractivity contribution is 0.108. The van der Waals surface area contributed by atoms with Crippen LogP contribution >= 0.6 is 23.5 Å². The minimum atomic E-state index is -0.0112. The number of nitriles is 1. The summed E-state index contributed by atoms with van der Waals surface area (Å²) >= 11 is 2.71. The van der Waals surface area contributed by atoms with Crippen LogP contribution in [0.15, 0.2) is 52.4 Å². The first kappa shape index (κ1) is 16.7. The molecule has 0 radical (unpaired) electrons. The molecule has 5 heteroatoms. The third kappa shape index (κ3) is 2.83. The fourth-order valence-electron chi connectivity index (χ4n) is 2.81. The minimum absolute atomic E-state index is 0.0112. The van der Waals surface area contributed by atoms with Gasteiger partial charge in [0.2, 0.25) is 5.12 Å². The molecule has 3 rings (SSSR count). The van der Waals surface area contributed by atoms with Crippen molar-refractivity contribution in [2.45, 2.75) is 23.6 Å². The number of thioether (sulfide) groups is 2. The third-order valence-electron chi connectivity index (χ3n) is 3.78. The summed E-state index contributed by atoms with van der Waals surface area (Å²) in [5.74, 6) is 0. The Hall–Kier alpha value is -2.16. The summed E-state index contributed by atoms with van der Waals surface area (Å²) in [6.07, 6.45) is 3.90. The first-order chi connectivity index (χ1) is 11.6. The Morgan fingerprint density at radius 2 is 1.88 bits per heavy atom. The maximum Gasteiger partial charge on any atom is 0.224 e. The van der Waals surface area contributed by atoms with Crippen LogP contribution in [0.5, 0.6) is 0 Å². The summed E-state index contributed by atoms with van der Waals surface area (Å²) in [6, 6.07) is 13.6. The van der Waals surface area contributed by atoms with Crippen molar-refractivity contribution in [3.8, 4) is 6.07 Å². The Morgan fingerprint density at radius 3 is 2.50 bits per heavy atom. The van der Waals surface area contributed by atoms with E-state index in [1.807, 2.05) is 61.0 Å². The molecular weight excluding hydrogens is 336 g/mol. The van der Waals surface area contributed by atoms with Gasteiger partial charge in [0.15, 0.2) is 0 Å². The first-order valence-electron chi connectivity index (χ1n) is 7.43. The van der Waals surface area contributed by atoms with Gasteiger partial charge < -0.3 is 4.40 Å². The van der Waals surface area contributed by atoms with Gasteiger partial charge in [-0.2, -0.15) is 5.26 Å². The predicted molar refractivity (Wildman–Crippen MR) is 100.0 cm³/mol. The van der Waals surface area contributed by atoms with E-state index in [-0.39, 0.29) is 5.12 Å². The standard InChI is InChI=1S/C19H16N2OS2/c1-12-9-13(2)16-18(17(23-3)15(10-20)21(16)11-12)24-19(22)14-7-5-4-6-8-14/h4-9,11H,1-3H3. The number of aromatic nitrogens is 1. The van der Waals surface area contributed by atoms with Crippen LogP contribution in [0.1, 0.15) is 27.2 Å². The molecule has 1 aromatic carbocycles. The monoisotopic (exact) mass is 352 g/mol. The zero-order chi connectivity index (χ0) is 17.3. The van der Waals surface area contributed by atoms with Crippen LogP contribution in [0.4, 0.5) is 0 Å². The zero-order valence-corrected chi connectivity index (χ0v) is 15.3. The highest BCUT2D eigenvalue weighted by atomic mass is 32.2. The molecule has 0 aliphatic heterocycles. The van der Waals surface area contributed by atoms with Crippen LogP contribution in [0.25, 0.3) is 5.52 Å². The van der Waals surface area contributed by atoms with E-state index in [1.165, 1.54) is 23.5 Å². The number of aryl methyl sites for hydroxylation is 2. The second-order valence-corrected chi connectivity index (χ2v) is 7.30. The third-order valence-corrected chi connectivity index (χ3v) is 5.74. The molecule has 3 aromatic rings. The normalized spacial score (nSPS) is 10.8. The van der Waals surface area contributed by atoms with Gasteiger partial charge in [-0.15, -0.1) is 11.8 Å². The largest absolute Gasteiger partial charge is 0.306 e. The second kappa shape index (κ2) is 6.76. The lowest BCUT2D eigenvalue weighted by atomic mass is 10.2. The molecule has 3 nitrogen and oxygen atoms in total. The molecule has 0 N–H and O–H groups in total. The lowest BCUT2D eigenvalue weighted by Crippen LogP contribution is -1.94. The summed E-state index contributed by atoms with van der Waals surface area (Å²) in [4.78, 5) is 14.4. The Kier molecular flexibility index (Phi) is 4.70. The molecule has 0 atom stereocenters. The highest BCUT2D eigenvalue weighted by Crippen LogP contribution is 2.40. The summed E-state index contributed by atoms with van der Waals surface area (Å²) in [6.45, 7) is 4.03.